The van der Waals surface area contributed by atoms with Crippen LogP contribution in [0, 0.1) is 5.92 Å². The molecule has 2 atom stereocenters. The Morgan fingerprint density at radius 3 is 2.54 bits per heavy atom. The van der Waals surface area contributed by atoms with Crippen LogP contribution in [0.25, 0.3) is 0 Å². The number of carboxylic acid groups (broad SMARTS) is 1. The Labute approximate surface area is 144 Å². The number of aliphatic carboxylic acids is 1. The van der Waals surface area contributed by atoms with Gasteiger partial charge in [0.1, 0.15) is 12.3 Å². The van der Waals surface area contributed by atoms with Gasteiger partial charge in [-0.2, -0.15) is 13.2 Å². The lowest BCUT2D eigenvalue weighted by molar-refractivity contribution is -0.175. The Hall–Kier alpha value is -1.77. The fourth-order valence-electron chi connectivity index (χ4n) is 2.54. The van der Waals surface area contributed by atoms with Gasteiger partial charge in [-0.25, -0.2) is 4.79 Å². The molecule has 0 aromatic heterocycles. The van der Waals surface area contributed by atoms with Crippen LogP contribution < -0.4 is 4.74 Å². The monoisotopic (exact) mass is 409 g/mol. The Balaban J connectivity index is 2.64. The highest BCUT2D eigenvalue weighted by molar-refractivity contribution is 9.10. The van der Waals surface area contributed by atoms with Gasteiger partial charge in [-0.15, -0.1) is 0 Å². The van der Waals surface area contributed by atoms with Gasteiger partial charge >= 0.3 is 12.1 Å². The molecule has 5 nitrogen and oxygen atoms in total. The van der Waals surface area contributed by atoms with Gasteiger partial charge in [-0.1, -0.05) is 29.8 Å². The standard InChI is InChI=1S/C15H15BrF3NO4/c1-7(2)12-13(21)20(6-15(17,18)19)11(14(22)23)9-5-8(16)3-4-10(9)24-12/h3-5,7,11-12H,6H2,1-2H3,(H,22,23). The molecule has 1 aliphatic rings. The summed E-state index contributed by atoms with van der Waals surface area (Å²) in [5, 5.41) is 9.48. The van der Waals surface area contributed by atoms with Crippen molar-refractivity contribution in [3.63, 3.8) is 0 Å². The van der Waals surface area contributed by atoms with Crippen molar-refractivity contribution in [1.82, 2.24) is 4.90 Å². The molecule has 0 fully saturated rings. The van der Waals surface area contributed by atoms with E-state index in [1.54, 1.807) is 19.9 Å². The van der Waals surface area contributed by atoms with Crippen molar-refractivity contribution >= 4 is 27.8 Å². The summed E-state index contributed by atoms with van der Waals surface area (Å²) < 4.78 is 44.8. The summed E-state index contributed by atoms with van der Waals surface area (Å²) in [6.45, 7) is 1.57. The largest absolute Gasteiger partial charge is 0.480 e. The molecular formula is C15H15BrF3NO4. The molecule has 9 heteroatoms. The number of amides is 1. The van der Waals surface area contributed by atoms with E-state index in [1.807, 2.05) is 0 Å². The Morgan fingerprint density at radius 1 is 1.42 bits per heavy atom. The molecule has 1 aliphatic heterocycles. The SMILES string of the molecule is CC(C)C1Oc2ccc(Br)cc2C(C(=O)O)N(CC(F)(F)F)C1=O. The van der Waals surface area contributed by atoms with E-state index >= 15 is 0 Å². The van der Waals surface area contributed by atoms with Gasteiger partial charge in [0.25, 0.3) is 5.91 Å². The zero-order valence-electron chi connectivity index (χ0n) is 12.8. The smallest absolute Gasteiger partial charge is 0.406 e. The van der Waals surface area contributed by atoms with E-state index < -0.39 is 42.7 Å². The molecule has 1 amide bonds. The van der Waals surface area contributed by atoms with E-state index in [4.69, 9.17) is 4.74 Å². The zero-order chi connectivity index (χ0) is 18.2. The number of benzene rings is 1. The minimum atomic E-state index is -4.73. The number of fused-ring (bicyclic) bond motifs is 1. The quantitative estimate of drug-likeness (QED) is 0.830. The molecule has 132 valence electrons. The van der Waals surface area contributed by atoms with Crippen molar-refractivity contribution in [1.29, 1.82) is 0 Å². The molecule has 1 heterocycles. The van der Waals surface area contributed by atoms with Crippen LogP contribution in [-0.4, -0.2) is 40.7 Å². The number of hydrogen-bond acceptors (Lipinski definition) is 3. The average Bonchev–Trinajstić information content (AvgIpc) is 2.53. The first-order chi connectivity index (χ1) is 11.0. The summed E-state index contributed by atoms with van der Waals surface area (Å²) in [7, 11) is 0. The fraction of sp³-hybridized carbons (Fsp3) is 0.467. The van der Waals surface area contributed by atoms with Gasteiger partial charge < -0.3 is 14.7 Å². The molecule has 2 rings (SSSR count). The Bertz CT molecular complexity index is 663. The maximum Gasteiger partial charge on any atom is 0.406 e. The topological polar surface area (TPSA) is 66.8 Å². The lowest BCUT2D eigenvalue weighted by Crippen LogP contribution is -2.49. The second-order valence-electron chi connectivity index (χ2n) is 5.79. The average molecular weight is 410 g/mol. The highest BCUT2D eigenvalue weighted by Gasteiger charge is 2.46. The molecule has 0 spiro atoms. The number of ether oxygens (including phenoxy) is 1. The second kappa shape index (κ2) is 6.62. The van der Waals surface area contributed by atoms with Crippen LogP contribution in [0.5, 0.6) is 5.75 Å². The van der Waals surface area contributed by atoms with E-state index in [2.05, 4.69) is 15.9 Å². The number of carbonyl (C=O) groups is 2. The van der Waals surface area contributed by atoms with Crippen LogP contribution in [0.15, 0.2) is 22.7 Å². The molecule has 0 radical (unpaired) electrons. The predicted molar refractivity (Wildman–Crippen MR) is 81.5 cm³/mol. The normalized spacial score (nSPS) is 21.3. The van der Waals surface area contributed by atoms with Crippen LogP contribution >= 0.6 is 15.9 Å². The van der Waals surface area contributed by atoms with Crippen molar-refractivity contribution in [2.75, 3.05) is 6.54 Å². The maximum absolute atomic E-state index is 12.9. The third-order valence-corrected chi connectivity index (χ3v) is 4.04. The first-order valence-corrected chi connectivity index (χ1v) is 7.86. The summed E-state index contributed by atoms with van der Waals surface area (Å²) in [6.07, 6.45) is -5.93. The van der Waals surface area contributed by atoms with Crippen molar-refractivity contribution in [2.24, 2.45) is 5.92 Å². The summed E-state index contributed by atoms with van der Waals surface area (Å²) in [5.74, 6) is -2.90. The predicted octanol–water partition coefficient (Wildman–Crippen LogP) is 3.38. The number of halogens is 4. The van der Waals surface area contributed by atoms with Gasteiger partial charge in [0.15, 0.2) is 12.1 Å². The minimum absolute atomic E-state index is 0.00220. The van der Waals surface area contributed by atoms with E-state index in [-0.39, 0.29) is 11.3 Å². The summed E-state index contributed by atoms with van der Waals surface area (Å²) >= 11 is 3.16. The van der Waals surface area contributed by atoms with Gasteiger partial charge in [0.05, 0.1) is 0 Å². The van der Waals surface area contributed by atoms with Crippen LogP contribution in [0.3, 0.4) is 0 Å². The second-order valence-corrected chi connectivity index (χ2v) is 6.70. The lowest BCUT2D eigenvalue weighted by atomic mass is 10.0. The summed E-state index contributed by atoms with van der Waals surface area (Å²) in [6, 6.07) is 2.58. The number of carboxylic acids is 1. The minimum Gasteiger partial charge on any atom is -0.480 e. The molecule has 0 bridgehead atoms. The van der Waals surface area contributed by atoms with Crippen molar-refractivity contribution in [2.45, 2.75) is 32.2 Å². The van der Waals surface area contributed by atoms with Crippen LogP contribution in [0.2, 0.25) is 0 Å². The summed E-state index contributed by atoms with van der Waals surface area (Å²) in [5.41, 5.74) is -0.00220. The number of hydrogen-bond donors (Lipinski definition) is 1. The van der Waals surface area contributed by atoms with Crippen molar-refractivity contribution in [3.8, 4) is 5.75 Å². The Morgan fingerprint density at radius 2 is 2.04 bits per heavy atom. The van der Waals surface area contributed by atoms with Gasteiger partial charge in [0, 0.05) is 10.0 Å². The fourth-order valence-corrected chi connectivity index (χ4v) is 2.91. The third kappa shape index (κ3) is 3.82. The molecule has 2 unspecified atom stereocenters. The molecule has 1 aromatic carbocycles. The molecule has 0 saturated carbocycles. The molecule has 1 aromatic rings. The van der Waals surface area contributed by atoms with Crippen LogP contribution in [0.1, 0.15) is 25.5 Å². The van der Waals surface area contributed by atoms with E-state index in [9.17, 15) is 27.9 Å². The van der Waals surface area contributed by atoms with Gasteiger partial charge in [0.2, 0.25) is 0 Å². The number of rotatable bonds is 3. The molecule has 0 saturated heterocycles. The third-order valence-electron chi connectivity index (χ3n) is 3.55. The molecule has 1 N–H and O–H groups in total. The number of alkyl halides is 3. The first-order valence-electron chi connectivity index (χ1n) is 7.07. The Kier molecular flexibility index (Phi) is 5.12. The van der Waals surface area contributed by atoms with E-state index in [1.165, 1.54) is 12.1 Å². The van der Waals surface area contributed by atoms with Gasteiger partial charge in [-0.05, 0) is 24.1 Å². The lowest BCUT2D eigenvalue weighted by Gasteiger charge is -2.30. The molecular weight excluding hydrogens is 395 g/mol. The van der Waals surface area contributed by atoms with Gasteiger partial charge in [-0.3, -0.25) is 4.79 Å². The van der Waals surface area contributed by atoms with E-state index in [0.717, 1.165) is 0 Å². The highest BCUT2D eigenvalue weighted by Crippen LogP contribution is 2.38. The van der Waals surface area contributed by atoms with Crippen molar-refractivity contribution < 1.29 is 32.6 Å². The first kappa shape index (κ1) is 18.6. The maximum atomic E-state index is 12.9. The molecule has 0 aliphatic carbocycles. The van der Waals surface area contributed by atoms with Crippen LogP contribution in [0.4, 0.5) is 13.2 Å². The number of carbonyl (C=O) groups excluding carboxylic acids is 1. The van der Waals surface area contributed by atoms with Crippen LogP contribution in [-0.2, 0) is 9.59 Å². The van der Waals surface area contributed by atoms with Crippen molar-refractivity contribution in [3.05, 3.63) is 28.2 Å². The summed E-state index contributed by atoms with van der Waals surface area (Å²) in [4.78, 5) is 24.6. The molecule has 24 heavy (non-hydrogen) atoms. The highest BCUT2D eigenvalue weighted by atomic mass is 79.9. The number of nitrogens with zero attached hydrogens (tertiary/aromatic N) is 1. The van der Waals surface area contributed by atoms with E-state index in [0.29, 0.717) is 9.37 Å². The zero-order valence-corrected chi connectivity index (χ0v) is 14.4.